The number of carbonyl (C=O) groups excluding carboxylic acids is 1. The van der Waals surface area contributed by atoms with Gasteiger partial charge in [-0.3, -0.25) is 4.79 Å². The molecular formula is C9H13NO2. The minimum absolute atomic E-state index is 0.141. The number of carbonyl (C=O) groups is 1. The molecule has 12 heavy (non-hydrogen) atoms. The standard InChI is InChI=1S/C9H13NO2/c1-6(2)10-9(11)8-7(3)4-5-12-8/h4-6H,1-3H3,(H,10,11). The van der Waals surface area contributed by atoms with Crippen LogP contribution in [0.25, 0.3) is 0 Å². The number of amides is 1. The molecule has 0 bridgehead atoms. The van der Waals surface area contributed by atoms with Gasteiger partial charge in [0.1, 0.15) is 0 Å². The first-order valence-corrected chi connectivity index (χ1v) is 3.96. The largest absolute Gasteiger partial charge is 0.459 e. The molecular weight excluding hydrogens is 154 g/mol. The van der Waals surface area contributed by atoms with E-state index in [-0.39, 0.29) is 11.9 Å². The zero-order valence-corrected chi connectivity index (χ0v) is 7.55. The zero-order valence-electron chi connectivity index (χ0n) is 7.55. The number of aryl methyl sites for hydroxylation is 1. The molecule has 3 nitrogen and oxygen atoms in total. The Morgan fingerprint density at radius 1 is 1.58 bits per heavy atom. The average molecular weight is 167 g/mol. The van der Waals surface area contributed by atoms with Crippen molar-refractivity contribution in [1.82, 2.24) is 5.32 Å². The smallest absolute Gasteiger partial charge is 0.287 e. The van der Waals surface area contributed by atoms with Gasteiger partial charge < -0.3 is 9.73 Å². The maximum atomic E-state index is 11.3. The molecule has 1 N–H and O–H groups in total. The number of hydrogen-bond acceptors (Lipinski definition) is 2. The van der Waals surface area contributed by atoms with E-state index in [9.17, 15) is 4.79 Å². The third-order valence-corrected chi connectivity index (χ3v) is 1.49. The number of rotatable bonds is 2. The van der Waals surface area contributed by atoms with Crippen molar-refractivity contribution >= 4 is 5.91 Å². The summed E-state index contributed by atoms with van der Waals surface area (Å²) in [6.45, 7) is 5.67. The van der Waals surface area contributed by atoms with E-state index in [2.05, 4.69) is 5.32 Å². The molecule has 1 amide bonds. The second-order valence-corrected chi connectivity index (χ2v) is 3.06. The average Bonchev–Trinajstić information content (AvgIpc) is 2.33. The predicted octanol–water partition coefficient (Wildman–Crippen LogP) is 1.73. The highest BCUT2D eigenvalue weighted by atomic mass is 16.3. The quantitative estimate of drug-likeness (QED) is 0.728. The topological polar surface area (TPSA) is 42.2 Å². The number of hydrogen-bond donors (Lipinski definition) is 1. The molecule has 0 radical (unpaired) electrons. The van der Waals surface area contributed by atoms with Crippen LogP contribution in [0.1, 0.15) is 30.0 Å². The van der Waals surface area contributed by atoms with Gasteiger partial charge in [-0.1, -0.05) is 0 Å². The predicted molar refractivity (Wildman–Crippen MR) is 46.0 cm³/mol. The van der Waals surface area contributed by atoms with Crippen molar-refractivity contribution in [2.24, 2.45) is 0 Å². The van der Waals surface area contributed by atoms with Crippen LogP contribution in [0.2, 0.25) is 0 Å². The second-order valence-electron chi connectivity index (χ2n) is 3.06. The Morgan fingerprint density at radius 3 is 2.67 bits per heavy atom. The van der Waals surface area contributed by atoms with Crippen LogP contribution in [0.4, 0.5) is 0 Å². The highest BCUT2D eigenvalue weighted by Gasteiger charge is 2.12. The van der Waals surface area contributed by atoms with E-state index in [1.165, 1.54) is 6.26 Å². The highest BCUT2D eigenvalue weighted by Crippen LogP contribution is 2.08. The lowest BCUT2D eigenvalue weighted by Crippen LogP contribution is -2.30. The van der Waals surface area contributed by atoms with Crippen molar-refractivity contribution in [3.8, 4) is 0 Å². The Morgan fingerprint density at radius 2 is 2.25 bits per heavy atom. The molecule has 0 atom stereocenters. The second kappa shape index (κ2) is 3.43. The molecule has 1 heterocycles. The van der Waals surface area contributed by atoms with Crippen LogP contribution < -0.4 is 5.32 Å². The van der Waals surface area contributed by atoms with Gasteiger partial charge in [0.25, 0.3) is 5.91 Å². The highest BCUT2D eigenvalue weighted by molar-refractivity contribution is 5.92. The van der Waals surface area contributed by atoms with Crippen LogP contribution in [0.5, 0.6) is 0 Å². The van der Waals surface area contributed by atoms with Crippen LogP contribution in [-0.4, -0.2) is 11.9 Å². The van der Waals surface area contributed by atoms with Crippen molar-refractivity contribution in [2.45, 2.75) is 26.8 Å². The fourth-order valence-electron chi connectivity index (χ4n) is 0.933. The molecule has 0 saturated carbocycles. The van der Waals surface area contributed by atoms with Gasteiger partial charge in [0.15, 0.2) is 5.76 Å². The normalized spacial score (nSPS) is 10.3. The number of furan rings is 1. The molecule has 0 fully saturated rings. The minimum Gasteiger partial charge on any atom is -0.459 e. The lowest BCUT2D eigenvalue weighted by Gasteiger charge is -2.05. The van der Waals surface area contributed by atoms with E-state index in [0.717, 1.165) is 5.56 Å². The summed E-state index contributed by atoms with van der Waals surface area (Å²) in [5.41, 5.74) is 0.869. The van der Waals surface area contributed by atoms with E-state index in [1.807, 2.05) is 20.8 Å². The molecule has 1 aromatic heterocycles. The Kier molecular flexibility index (Phi) is 2.53. The monoisotopic (exact) mass is 167 g/mol. The molecule has 0 spiro atoms. The SMILES string of the molecule is Cc1ccoc1C(=O)NC(C)C. The summed E-state index contributed by atoms with van der Waals surface area (Å²) in [7, 11) is 0. The summed E-state index contributed by atoms with van der Waals surface area (Å²) in [6, 6.07) is 1.91. The Labute approximate surface area is 71.8 Å². The first-order valence-electron chi connectivity index (χ1n) is 3.96. The van der Waals surface area contributed by atoms with E-state index in [0.29, 0.717) is 5.76 Å². The maximum Gasteiger partial charge on any atom is 0.287 e. The summed E-state index contributed by atoms with van der Waals surface area (Å²) < 4.78 is 5.01. The first-order chi connectivity index (χ1) is 5.61. The van der Waals surface area contributed by atoms with Gasteiger partial charge in [-0.2, -0.15) is 0 Å². The van der Waals surface area contributed by atoms with Crippen molar-refractivity contribution in [2.75, 3.05) is 0 Å². The van der Waals surface area contributed by atoms with Gasteiger partial charge in [-0.05, 0) is 26.8 Å². The summed E-state index contributed by atoms with van der Waals surface area (Å²) >= 11 is 0. The van der Waals surface area contributed by atoms with Crippen LogP contribution in [0.15, 0.2) is 16.7 Å². The third-order valence-electron chi connectivity index (χ3n) is 1.49. The van der Waals surface area contributed by atoms with Crippen molar-refractivity contribution in [3.05, 3.63) is 23.7 Å². The summed E-state index contributed by atoms with van der Waals surface area (Å²) in [4.78, 5) is 11.3. The van der Waals surface area contributed by atoms with E-state index in [4.69, 9.17) is 4.42 Å². The van der Waals surface area contributed by atoms with Crippen LogP contribution in [0, 0.1) is 6.92 Å². The summed E-state index contributed by atoms with van der Waals surface area (Å²) in [5, 5.41) is 2.75. The molecule has 0 aromatic carbocycles. The molecule has 0 aliphatic heterocycles. The molecule has 0 aliphatic carbocycles. The van der Waals surface area contributed by atoms with E-state index in [1.54, 1.807) is 6.07 Å². The van der Waals surface area contributed by atoms with Crippen molar-refractivity contribution < 1.29 is 9.21 Å². The summed E-state index contributed by atoms with van der Waals surface area (Å²) in [6.07, 6.45) is 1.52. The van der Waals surface area contributed by atoms with Gasteiger partial charge in [-0.25, -0.2) is 0 Å². The van der Waals surface area contributed by atoms with Gasteiger partial charge in [0, 0.05) is 11.6 Å². The molecule has 0 saturated heterocycles. The van der Waals surface area contributed by atoms with Gasteiger partial charge >= 0.3 is 0 Å². The van der Waals surface area contributed by atoms with Crippen LogP contribution in [0.3, 0.4) is 0 Å². The fourth-order valence-corrected chi connectivity index (χ4v) is 0.933. The van der Waals surface area contributed by atoms with Gasteiger partial charge in [0.05, 0.1) is 6.26 Å². The molecule has 3 heteroatoms. The van der Waals surface area contributed by atoms with Gasteiger partial charge in [0.2, 0.25) is 0 Å². The molecule has 66 valence electrons. The number of nitrogens with one attached hydrogen (secondary N) is 1. The van der Waals surface area contributed by atoms with Crippen molar-refractivity contribution in [1.29, 1.82) is 0 Å². The Bertz CT molecular complexity index is 276. The molecule has 0 aliphatic rings. The molecule has 0 unspecified atom stereocenters. The third kappa shape index (κ3) is 1.87. The maximum absolute atomic E-state index is 11.3. The van der Waals surface area contributed by atoms with Crippen LogP contribution in [-0.2, 0) is 0 Å². The van der Waals surface area contributed by atoms with Crippen molar-refractivity contribution in [3.63, 3.8) is 0 Å². The molecule has 1 rings (SSSR count). The lowest BCUT2D eigenvalue weighted by atomic mass is 10.2. The Balaban J connectivity index is 2.72. The molecule has 1 aromatic rings. The zero-order chi connectivity index (χ0) is 9.14. The Hall–Kier alpha value is -1.25. The minimum atomic E-state index is -0.146. The van der Waals surface area contributed by atoms with E-state index < -0.39 is 0 Å². The lowest BCUT2D eigenvalue weighted by molar-refractivity contribution is 0.0914. The first kappa shape index (κ1) is 8.84. The van der Waals surface area contributed by atoms with Gasteiger partial charge in [-0.15, -0.1) is 0 Å². The van der Waals surface area contributed by atoms with E-state index >= 15 is 0 Å². The van der Waals surface area contributed by atoms with Crippen LogP contribution >= 0.6 is 0 Å². The fraction of sp³-hybridized carbons (Fsp3) is 0.444. The summed E-state index contributed by atoms with van der Waals surface area (Å²) in [5.74, 6) is 0.260.